The van der Waals surface area contributed by atoms with E-state index in [9.17, 15) is 18.0 Å². The fraction of sp³-hybridized carbons (Fsp3) is 0.261. The van der Waals surface area contributed by atoms with Crippen LogP contribution in [0, 0.1) is 6.92 Å². The second-order valence-corrected chi connectivity index (χ2v) is 10.1. The number of carbonyl (C=O) groups is 2. The van der Waals surface area contributed by atoms with Crippen LogP contribution < -0.4 is 14.9 Å². The van der Waals surface area contributed by atoms with E-state index in [0.29, 0.717) is 5.75 Å². The molecule has 0 spiro atoms. The summed E-state index contributed by atoms with van der Waals surface area (Å²) < 4.78 is 34.2. The van der Waals surface area contributed by atoms with Gasteiger partial charge in [-0.05, 0) is 43.3 Å². The summed E-state index contributed by atoms with van der Waals surface area (Å²) in [6, 6.07) is 15.4. The molecule has 1 aromatic heterocycles. The summed E-state index contributed by atoms with van der Waals surface area (Å²) in [6.45, 7) is 1.71. The van der Waals surface area contributed by atoms with Gasteiger partial charge in [0.1, 0.15) is 12.4 Å². The van der Waals surface area contributed by atoms with Gasteiger partial charge in [-0.15, -0.1) is 0 Å². The van der Waals surface area contributed by atoms with Gasteiger partial charge in [-0.1, -0.05) is 18.2 Å². The zero-order valence-corrected chi connectivity index (χ0v) is 19.6. The normalized spacial score (nSPS) is 14.9. The highest BCUT2D eigenvalue weighted by Crippen LogP contribution is 2.28. The molecule has 12 heteroatoms. The molecule has 0 atom stereocenters. The molecule has 1 aliphatic rings. The van der Waals surface area contributed by atoms with Crippen molar-refractivity contribution >= 4 is 32.9 Å². The summed E-state index contributed by atoms with van der Waals surface area (Å²) in [4.78, 5) is 28.2. The highest BCUT2D eigenvalue weighted by molar-refractivity contribution is 7.89. The summed E-state index contributed by atoms with van der Waals surface area (Å²) in [5.74, 6) is -0.377. The lowest BCUT2D eigenvalue weighted by Gasteiger charge is -2.48. The van der Waals surface area contributed by atoms with Crippen LogP contribution in [0.5, 0.6) is 5.75 Å². The number of carboxylic acid groups (broad SMARTS) is 1. The number of amides is 2. The van der Waals surface area contributed by atoms with Crippen LogP contribution in [-0.4, -0.2) is 59.2 Å². The topological polar surface area (TPSA) is 158 Å². The van der Waals surface area contributed by atoms with E-state index in [4.69, 9.17) is 15.1 Å². The van der Waals surface area contributed by atoms with Gasteiger partial charge in [0.15, 0.2) is 0 Å². The van der Waals surface area contributed by atoms with Gasteiger partial charge >= 0.3 is 6.09 Å². The molecule has 3 aromatic rings. The predicted molar refractivity (Wildman–Crippen MR) is 124 cm³/mol. The molecule has 11 nitrogen and oxygen atoms in total. The van der Waals surface area contributed by atoms with Crippen LogP contribution in [0.3, 0.4) is 0 Å². The maximum atomic E-state index is 12.9. The molecule has 0 aliphatic carbocycles. The number of nitrogens with zero attached hydrogens (tertiary/aromatic N) is 2. The number of likely N-dealkylation sites (tertiary alicyclic amines) is 1. The zero-order chi connectivity index (χ0) is 25.2. The van der Waals surface area contributed by atoms with Crippen molar-refractivity contribution in [2.75, 3.05) is 13.1 Å². The first-order valence-corrected chi connectivity index (χ1v) is 12.1. The van der Waals surface area contributed by atoms with Crippen LogP contribution in [-0.2, 0) is 21.4 Å². The Balaban J connectivity index is 1.47. The molecule has 1 fully saturated rings. The largest absolute Gasteiger partial charge is 0.489 e. The highest BCUT2D eigenvalue weighted by Gasteiger charge is 2.49. The van der Waals surface area contributed by atoms with Crippen molar-refractivity contribution in [1.82, 2.24) is 20.1 Å². The average Bonchev–Trinajstić information content (AvgIpc) is 2.80. The number of fused-ring (bicyclic) bond motifs is 1. The Morgan fingerprint density at radius 1 is 1.14 bits per heavy atom. The standard InChI is InChI=1S/C23H24N4O7S/c1-15-10-16(19-4-2-3-5-20(19)24-15)12-34-17-6-8-18(9-7-17)35(32,33)26-23(11-21(28)25-31)13-27(14-23)22(29)30/h2-10,26,31H,11-14H2,1H3,(H,25,28)(H,29,30). The Morgan fingerprint density at radius 2 is 1.83 bits per heavy atom. The van der Waals surface area contributed by atoms with Crippen molar-refractivity contribution in [2.24, 2.45) is 0 Å². The number of hydroxylamine groups is 1. The van der Waals surface area contributed by atoms with Gasteiger partial charge < -0.3 is 14.7 Å². The highest BCUT2D eigenvalue weighted by atomic mass is 32.2. The SMILES string of the molecule is Cc1cc(COc2ccc(S(=O)(=O)NC3(CC(=O)NO)CN(C(=O)O)C3)cc2)c2ccccc2n1. The van der Waals surface area contributed by atoms with Crippen molar-refractivity contribution in [3.8, 4) is 5.75 Å². The minimum Gasteiger partial charge on any atom is -0.489 e. The number of aryl methyl sites for hydroxylation is 1. The molecule has 0 bridgehead atoms. The third kappa shape index (κ3) is 5.34. The third-order valence-electron chi connectivity index (χ3n) is 5.69. The Morgan fingerprint density at radius 3 is 2.49 bits per heavy atom. The summed E-state index contributed by atoms with van der Waals surface area (Å²) in [5, 5.41) is 18.9. The number of hydrogen-bond donors (Lipinski definition) is 4. The number of carbonyl (C=O) groups excluding carboxylic acids is 1. The minimum absolute atomic E-state index is 0.0763. The van der Waals surface area contributed by atoms with Crippen molar-refractivity contribution < 1.29 is 33.1 Å². The summed E-state index contributed by atoms with van der Waals surface area (Å²) in [5.41, 5.74) is 2.75. The molecular weight excluding hydrogens is 476 g/mol. The molecular formula is C23H24N4O7S. The van der Waals surface area contributed by atoms with Crippen LogP contribution in [0.15, 0.2) is 59.5 Å². The first-order chi connectivity index (χ1) is 16.6. The maximum absolute atomic E-state index is 12.9. The minimum atomic E-state index is -4.10. The van der Waals surface area contributed by atoms with E-state index >= 15 is 0 Å². The predicted octanol–water partition coefficient (Wildman–Crippen LogP) is 2.03. The molecule has 35 heavy (non-hydrogen) atoms. The average molecular weight is 501 g/mol. The van der Waals surface area contributed by atoms with E-state index in [2.05, 4.69) is 9.71 Å². The van der Waals surface area contributed by atoms with E-state index in [1.807, 2.05) is 37.3 Å². The number of aromatic nitrogens is 1. The number of benzene rings is 2. The smallest absolute Gasteiger partial charge is 0.407 e. The molecule has 0 radical (unpaired) electrons. The first-order valence-electron chi connectivity index (χ1n) is 10.6. The van der Waals surface area contributed by atoms with Gasteiger partial charge in [0.2, 0.25) is 15.9 Å². The molecule has 2 aromatic carbocycles. The van der Waals surface area contributed by atoms with E-state index in [1.54, 1.807) is 0 Å². The van der Waals surface area contributed by atoms with Crippen molar-refractivity contribution in [3.63, 3.8) is 0 Å². The number of ether oxygens (including phenoxy) is 1. The van der Waals surface area contributed by atoms with Gasteiger partial charge in [-0.25, -0.2) is 23.4 Å². The van der Waals surface area contributed by atoms with Crippen LogP contribution in [0.4, 0.5) is 4.79 Å². The lowest BCUT2D eigenvalue weighted by Crippen LogP contribution is -2.72. The van der Waals surface area contributed by atoms with Crippen molar-refractivity contribution in [3.05, 3.63) is 65.9 Å². The molecule has 184 valence electrons. The Labute approximate surface area is 201 Å². The van der Waals surface area contributed by atoms with E-state index in [1.165, 1.54) is 29.7 Å². The lowest BCUT2D eigenvalue weighted by atomic mass is 9.87. The van der Waals surface area contributed by atoms with Gasteiger partial charge in [-0.2, -0.15) is 0 Å². The van der Waals surface area contributed by atoms with E-state index in [-0.39, 0.29) is 24.6 Å². The number of nitrogens with one attached hydrogen (secondary N) is 2. The van der Waals surface area contributed by atoms with Crippen LogP contribution in [0.2, 0.25) is 0 Å². The quantitative estimate of drug-likeness (QED) is 0.270. The Bertz CT molecular complexity index is 1370. The first kappa shape index (κ1) is 24.4. The lowest BCUT2D eigenvalue weighted by molar-refractivity contribution is -0.132. The molecule has 1 aliphatic heterocycles. The Kier molecular flexibility index (Phi) is 6.61. The number of pyridine rings is 1. The molecule has 0 unspecified atom stereocenters. The van der Waals surface area contributed by atoms with Gasteiger partial charge in [0.05, 0.1) is 22.4 Å². The molecule has 2 heterocycles. The molecule has 2 amide bonds. The molecule has 0 saturated carbocycles. The van der Waals surface area contributed by atoms with Gasteiger partial charge in [-0.3, -0.25) is 15.0 Å². The van der Waals surface area contributed by atoms with Crippen LogP contribution in [0.1, 0.15) is 17.7 Å². The van der Waals surface area contributed by atoms with Gasteiger partial charge in [0.25, 0.3) is 0 Å². The summed E-state index contributed by atoms with van der Waals surface area (Å²) in [7, 11) is -4.10. The van der Waals surface area contributed by atoms with Crippen molar-refractivity contribution in [2.45, 2.75) is 30.4 Å². The fourth-order valence-corrected chi connectivity index (χ4v) is 5.50. The number of hydrogen-bond acceptors (Lipinski definition) is 7. The second kappa shape index (κ2) is 9.49. The summed E-state index contributed by atoms with van der Waals surface area (Å²) >= 11 is 0. The number of sulfonamides is 1. The number of para-hydroxylation sites is 1. The molecule has 1 saturated heterocycles. The van der Waals surface area contributed by atoms with E-state index < -0.39 is 34.0 Å². The monoisotopic (exact) mass is 500 g/mol. The van der Waals surface area contributed by atoms with E-state index in [0.717, 1.165) is 27.1 Å². The van der Waals surface area contributed by atoms with Gasteiger partial charge in [0, 0.05) is 29.7 Å². The fourth-order valence-electron chi connectivity index (χ4n) is 4.11. The molecule has 4 rings (SSSR count). The zero-order valence-electron chi connectivity index (χ0n) is 18.8. The number of rotatable bonds is 8. The van der Waals surface area contributed by atoms with Crippen LogP contribution >= 0.6 is 0 Å². The summed E-state index contributed by atoms with van der Waals surface area (Å²) in [6.07, 6.45) is -1.66. The Hall–Kier alpha value is -3.74. The maximum Gasteiger partial charge on any atom is 0.407 e. The van der Waals surface area contributed by atoms with Crippen LogP contribution in [0.25, 0.3) is 10.9 Å². The molecule has 4 N–H and O–H groups in total. The second-order valence-electron chi connectivity index (χ2n) is 8.44. The third-order valence-corrected chi connectivity index (χ3v) is 7.28. The van der Waals surface area contributed by atoms with Crippen molar-refractivity contribution in [1.29, 1.82) is 0 Å².